The van der Waals surface area contributed by atoms with Gasteiger partial charge < -0.3 is 9.84 Å². The molecule has 0 aromatic heterocycles. The maximum absolute atomic E-state index is 10.8. The molecule has 0 amide bonds. The van der Waals surface area contributed by atoms with Gasteiger partial charge in [0, 0.05) is 6.08 Å². The van der Waals surface area contributed by atoms with Crippen LogP contribution in [0.25, 0.3) is 6.08 Å². The number of aliphatic hydroxyl groups is 1. The normalized spacial score (nSPS) is 21.3. The van der Waals surface area contributed by atoms with E-state index in [0.29, 0.717) is 0 Å². The quantitative estimate of drug-likeness (QED) is 0.779. The first-order valence-electron chi connectivity index (χ1n) is 5.06. The summed E-state index contributed by atoms with van der Waals surface area (Å²) in [6, 6.07) is 9.62. The predicted octanol–water partition coefficient (Wildman–Crippen LogP) is 1.54. The van der Waals surface area contributed by atoms with Crippen molar-refractivity contribution < 1.29 is 14.6 Å². The maximum atomic E-state index is 10.8. The van der Waals surface area contributed by atoms with Gasteiger partial charge in [-0.3, -0.25) is 0 Å². The van der Waals surface area contributed by atoms with Gasteiger partial charge in [0.15, 0.2) is 6.10 Å². The fourth-order valence-electron chi connectivity index (χ4n) is 1.45. The monoisotopic (exact) mass is 216 g/mol. The summed E-state index contributed by atoms with van der Waals surface area (Å²) >= 11 is 0. The smallest absolute Gasteiger partial charge is 0.331 e. The molecule has 0 unspecified atom stereocenters. The van der Waals surface area contributed by atoms with Crippen LogP contribution < -0.4 is 0 Å². The number of carbonyl (C=O) groups excluding carboxylic acids is 1. The minimum Gasteiger partial charge on any atom is -0.452 e. The Hall–Kier alpha value is -1.87. The summed E-state index contributed by atoms with van der Waals surface area (Å²) in [5.74, 6) is -0.405. The molecule has 2 atom stereocenters. The van der Waals surface area contributed by atoms with Gasteiger partial charge in [-0.1, -0.05) is 42.5 Å². The fourth-order valence-corrected chi connectivity index (χ4v) is 1.45. The molecule has 1 N–H and O–H groups in total. The van der Waals surface area contributed by atoms with Crippen LogP contribution in [0.2, 0.25) is 0 Å². The SMILES string of the molecule is O=C1C=C[C@@H]([C@H](O)/C=C/c2ccccc2)O1. The van der Waals surface area contributed by atoms with Crippen LogP contribution in [0, 0.1) is 0 Å². The van der Waals surface area contributed by atoms with E-state index in [1.54, 1.807) is 18.2 Å². The van der Waals surface area contributed by atoms with E-state index in [2.05, 4.69) is 0 Å². The van der Waals surface area contributed by atoms with E-state index in [0.717, 1.165) is 5.56 Å². The summed E-state index contributed by atoms with van der Waals surface area (Å²) in [6.07, 6.45) is 4.93. The molecule has 0 spiro atoms. The number of hydrogen-bond acceptors (Lipinski definition) is 3. The molecule has 3 heteroatoms. The molecule has 3 nitrogen and oxygen atoms in total. The fraction of sp³-hybridized carbons (Fsp3) is 0.154. The summed E-state index contributed by atoms with van der Waals surface area (Å²) < 4.78 is 4.86. The molecule has 0 bridgehead atoms. The molecule has 1 aromatic rings. The highest BCUT2D eigenvalue weighted by Crippen LogP contribution is 2.12. The number of benzene rings is 1. The average Bonchev–Trinajstić information content (AvgIpc) is 2.74. The van der Waals surface area contributed by atoms with Crippen LogP contribution in [0.5, 0.6) is 0 Å². The average molecular weight is 216 g/mol. The summed E-state index contributed by atoms with van der Waals surface area (Å²) in [5, 5.41) is 9.71. The third-order valence-electron chi connectivity index (χ3n) is 2.30. The lowest BCUT2D eigenvalue weighted by atomic mass is 10.1. The van der Waals surface area contributed by atoms with Crippen LogP contribution >= 0.6 is 0 Å². The molecule has 0 radical (unpaired) electrons. The van der Waals surface area contributed by atoms with Crippen molar-refractivity contribution in [2.75, 3.05) is 0 Å². The van der Waals surface area contributed by atoms with Crippen molar-refractivity contribution in [1.29, 1.82) is 0 Å². The van der Waals surface area contributed by atoms with E-state index in [1.807, 2.05) is 30.3 Å². The first-order valence-corrected chi connectivity index (χ1v) is 5.06. The Kier molecular flexibility index (Phi) is 3.17. The number of carbonyl (C=O) groups is 1. The molecule has 1 aliphatic rings. The molecule has 0 saturated heterocycles. The highest BCUT2D eigenvalue weighted by Gasteiger charge is 2.22. The van der Waals surface area contributed by atoms with Gasteiger partial charge in [-0.05, 0) is 11.6 Å². The Morgan fingerprint density at radius 3 is 2.69 bits per heavy atom. The summed E-state index contributed by atoms with van der Waals surface area (Å²) in [4.78, 5) is 10.8. The molecule has 82 valence electrons. The van der Waals surface area contributed by atoms with Gasteiger partial charge >= 0.3 is 5.97 Å². The number of cyclic esters (lactones) is 1. The van der Waals surface area contributed by atoms with Gasteiger partial charge in [0.25, 0.3) is 0 Å². The second-order valence-electron chi connectivity index (χ2n) is 3.52. The molecule has 1 aliphatic heterocycles. The van der Waals surface area contributed by atoms with E-state index in [-0.39, 0.29) is 0 Å². The van der Waals surface area contributed by atoms with Gasteiger partial charge in [0.05, 0.1) is 0 Å². The van der Waals surface area contributed by atoms with Crippen LogP contribution in [-0.4, -0.2) is 23.3 Å². The van der Waals surface area contributed by atoms with Crippen molar-refractivity contribution in [3.8, 4) is 0 Å². The van der Waals surface area contributed by atoms with E-state index in [4.69, 9.17) is 4.74 Å². The number of hydrogen-bond donors (Lipinski definition) is 1. The van der Waals surface area contributed by atoms with E-state index in [1.165, 1.54) is 6.08 Å². The largest absolute Gasteiger partial charge is 0.452 e. The van der Waals surface area contributed by atoms with Crippen molar-refractivity contribution >= 4 is 12.0 Å². The standard InChI is InChI=1S/C13H12O3/c14-11(12-8-9-13(15)16-12)7-6-10-4-2-1-3-5-10/h1-9,11-12,14H/b7-6+/t11-,12+/m1/s1. The van der Waals surface area contributed by atoms with Crippen LogP contribution in [0.15, 0.2) is 48.6 Å². The van der Waals surface area contributed by atoms with Crippen LogP contribution in [-0.2, 0) is 9.53 Å². The van der Waals surface area contributed by atoms with E-state index >= 15 is 0 Å². The Morgan fingerprint density at radius 2 is 2.06 bits per heavy atom. The molecule has 2 rings (SSSR count). The molecular weight excluding hydrogens is 204 g/mol. The molecular formula is C13H12O3. The lowest BCUT2D eigenvalue weighted by Gasteiger charge is -2.11. The highest BCUT2D eigenvalue weighted by molar-refractivity contribution is 5.84. The zero-order chi connectivity index (χ0) is 11.4. The van der Waals surface area contributed by atoms with Crippen molar-refractivity contribution in [2.24, 2.45) is 0 Å². The lowest BCUT2D eigenvalue weighted by Crippen LogP contribution is -2.23. The van der Waals surface area contributed by atoms with Gasteiger partial charge in [0.2, 0.25) is 0 Å². The molecule has 1 aromatic carbocycles. The first-order chi connectivity index (χ1) is 7.75. The van der Waals surface area contributed by atoms with Gasteiger partial charge in [0.1, 0.15) is 6.10 Å². The van der Waals surface area contributed by atoms with Crippen molar-refractivity contribution in [3.05, 3.63) is 54.1 Å². The third kappa shape index (κ3) is 2.58. The van der Waals surface area contributed by atoms with Crippen LogP contribution in [0.3, 0.4) is 0 Å². The van der Waals surface area contributed by atoms with E-state index in [9.17, 15) is 9.90 Å². The lowest BCUT2D eigenvalue weighted by molar-refractivity contribution is -0.141. The zero-order valence-corrected chi connectivity index (χ0v) is 8.61. The first kappa shape index (κ1) is 10.6. The van der Waals surface area contributed by atoms with Crippen molar-refractivity contribution in [2.45, 2.75) is 12.2 Å². The summed E-state index contributed by atoms with van der Waals surface area (Å²) in [7, 11) is 0. The second-order valence-corrected chi connectivity index (χ2v) is 3.52. The molecule has 1 heterocycles. The van der Waals surface area contributed by atoms with Gasteiger partial charge in [-0.15, -0.1) is 0 Å². The van der Waals surface area contributed by atoms with E-state index < -0.39 is 18.2 Å². The van der Waals surface area contributed by atoms with Crippen LogP contribution in [0.1, 0.15) is 5.56 Å². The maximum Gasteiger partial charge on any atom is 0.331 e. The topological polar surface area (TPSA) is 46.5 Å². The summed E-state index contributed by atoms with van der Waals surface area (Å²) in [6.45, 7) is 0. The third-order valence-corrected chi connectivity index (χ3v) is 2.30. The second kappa shape index (κ2) is 4.77. The van der Waals surface area contributed by atoms with Crippen LogP contribution in [0.4, 0.5) is 0 Å². The molecule has 16 heavy (non-hydrogen) atoms. The Morgan fingerprint density at radius 1 is 1.31 bits per heavy atom. The minimum absolute atomic E-state index is 0.405. The Balaban J connectivity index is 1.97. The molecule has 0 saturated carbocycles. The number of esters is 1. The van der Waals surface area contributed by atoms with Gasteiger partial charge in [-0.25, -0.2) is 4.79 Å². The van der Waals surface area contributed by atoms with Gasteiger partial charge in [-0.2, -0.15) is 0 Å². The number of ether oxygens (including phenoxy) is 1. The van der Waals surface area contributed by atoms with Crippen molar-refractivity contribution in [1.82, 2.24) is 0 Å². The van der Waals surface area contributed by atoms with Crippen molar-refractivity contribution in [3.63, 3.8) is 0 Å². The minimum atomic E-state index is -0.803. The summed E-state index contributed by atoms with van der Waals surface area (Å²) in [5.41, 5.74) is 0.995. The Labute approximate surface area is 93.7 Å². The zero-order valence-electron chi connectivity index (χ0n) is 8.61. The molecule has 0 aliphatic carbocycles. The number of rotatable bonds is 3. The predicted molar refractivity (Wildman–Crippen MR) is 60.5 cm³/mol. The Bertz CT molecular complexity index is 420. The highest BCUT2D eigenvalue weighted by atomic mass is 16.6. The molecule has 0 fully saturated rings. The number of aliphatic hydroxyl groups excluding tert-OH is 1.